The van der Waals surface area contributed by atoms with Crippen molar-refractivity contribution in [3.05, 3.63) is 0 Å². The lowest BCUT2D eigenvalue weighted by Gasteiger charge is -2.52. The molecule has 2 N–H and O–H groups in total. The number of amides is 1. The number of carboxylic acid groups (broad SMARTS) is 1. The van der Waals surface area contributed by atoms with Crippen LogP contribution in [0.2, 0.25) is 0 Å². The van der Waals surface area contributed by atoms with Gasteiger partial charge in [-0.3, -0.25) is 4.90 Å². The number of hydrogen-bond acceptors (Lipinski definition) is 2. The van der Waals surface area contributed by atoms with Gasteiger partial charge in [-0.1, -0.05) is 20.8 Å². The second-order valence-corrected chi connectivity index (χ2v) is 5.33. The molecule has 1 amide bonds. The molecular formula is C11H21NO3. The number of aliphatic hydroxyl groups excluding tert-OH is 1. The van der Waals surface area contributed by atoms with Gasteiger partial charge in [-0.2, -0.15) is 0 Å². The Kier molecular flexibility index (Phi) is 3.28. The molecule has 1 rings (SSSR count). The summed E-state index contributed by atoms with van der Waals surface area (Å²) in [6, 6.07) is 0. The van der Waals surface area contributed by atoms with Crippen LogP contribution in [0.1, 0.15) is 40.0 Å². The second-order valence-electron chi connectivity index (χ2n) is 5.33. The average Bonchev–Trinajstić information content (AvgIpc) is 2.15. The summed E-state index contributed by atoms with van der Waals surface area (Å²) in [7, 11) is 0. The van der Waals surface area contributed by atoms with Gasteiger partial charge in [-0.15, -0.1) is 0 Å². The molecule has 1 aliphatic heterocycles. The van der Waals surface area contributed by atoms with Crippen LogP contribution in [0.25, 0.3) is 0 Å². The van der Waals surface area contributed by atoms with Gasteiger partial charge in [0.1, 0.15) is 0 Å². The van der Waals surface area contributed by atoms with Gasteiger partial charge in [0, 0.05) is 6.54 Å². The molecule has 0 aromatic heterocycles. The zero-order valence-corrected chi connectivity index (χ0v) is 9.79. The van der Waals surface area contributed by atoms with Crippen molar-refractivity contribution >= 4 is 6.09 Å². The number of aliphatic hydroxyl groups is 1. The molecule has 15 heavy (non-hydrogen) atoms. The van der Waals surface area contributed by atoms with Gasteiger partial charge in [-0.05, 0) is 24.7 Å². The number of carbonyl (C=O) groups is 1. The van der Waals surface area contributed by atoms with E-state index in [9.17, 15) is 15.0 Å². The van der Waals surface area contributed by atoms with Crippen LogP contribution in [0.3, 0.4) is 0 Å². The summed E-state index contributed by atoms with van der Waals surface area (Å²) < 4.78 is 0. The van der Waals surface area contributed by atoms with Crippen LogP contribution in [0.15, 0.2) is 0 Å². The fourth-order valence-electron chi connectivity index (χ4n) is 2.50. The first-order chi connectivity index (χ1) is 6.85. The van der Waals surface area contributed by atoms with Gasteiger partial charge in [-0.25, -0.2) is 4.79 Å². The smallest absolute Gasteiger partial charge is 0.407 e. The first-order valence-electron chi connectivity index (χ1n) is 5.46. The molecule has 1 fully saturated rings. The fourth-order valence-corrected chi connectivity index (χ4v) is 2.50. The maximum absolute atomic E-state index is 11.2. The van der Waals surface area contributed by atoms with Crippen molar-refractivity contribution in [3.8, 4) is 0 Å². The third-order valence-electron chi connectivity index (χ3n) is 3.63. The predicted octanol–water partition coefficient (Wildman–Crippen LogP) is 1.93. The number of hydrogen-bond donors (Lipinski definition) is 2. The Morgan fingerprint density at radius 1 is 1.40 bits per heavy atom. The van der Waals surface area contributed by atoms with Gasteiger partial charge in [0.2, 0.25) is 0 Å². The van der Waals surface area contributed by atoms with Gasteiger partial charge < -0.3 is 10.2 Å². The van der Waals surface area contributed by atoms with Crippen molar-refractivity contribution in [1.29, 1.82) is 0 Å². The van der Waals surface area contributed by atoms with E-state index in [1.54, 1.807) is 0 Å². The molecule has 1 heterocycles. The summed E-state index contributed by atoms with van der Waals surface area (Å²) in [4.78, 5) is 12.6. The quantitative estimate of drug-likeness (QED) is 0.702. The summed E-state index contributed by atoms with van der Waals surface area (Å²) in [5.74, 6) is 0. The Labute approximate surface area is 90.9 Å². The molecule has 4 heteroatoms. The summed E-state index contributed by atoms with van der Waals surface area (Å²) in [6.07, 6.45) is 1.71. The predicted molar refractivity (Wildman–Crippen MR) is 57.9 cm³/mol. The van der Waals surface area contributed by atoms with Crippen molar-refractivity contribution in [3.63, 3.8) is 0 Å². The number of rotatable bonds is 1. The Hall–Kier alpha value is -0.770. The zero-order chi connectivity index (χ0) is 11.7. The summed E-state index contributed by atoms with van der Waals surface area (Å²) in [5, 5.41) is 18.8. The molecule has 0 unspecified atom stereocenters. The van der Waals surface area contributed by atoms with Crippen LogP contribution in [0, 0.1) is 5.41 Å². The molecule has 0 aromatic carbocycles. The lowest BCUT2D eigenvalue weighted by Crippen LogP contribution is -2.63. The van der Waals surface area contributed by atoms with E-state index in [1.807, 2.05) is 20.8 Å². The number of piperidine rings is 1. The molecule has 1 atom stereocenters. The highest BCUT2D eigenvalue weighted by molar-refractivity contribution is 5.66. The Morgan fingerprint density at radius 2 is 2.00 bits per heavy atom. The van der Waals surface area contributed by atoms with E-state index in [2.05, 4.69) is 0 Å². The summed E-state index contributed by atoms with van der Waals surface area (Å²) in [6.45, 7) is 6.41. The van der Waals surface area contributed by atoms with E-state index >= 15 is 0 Å². The van der Waals surface area contributed by atoms with Crippen molar-refractivity contribution in [2.45, 2.75) is 45.6 Å². The Bertz CT molecular complexity index is 247. The van der Waals surface area contributed by atoms with Gasteiger partial charge >= 0.3 is 6.09 Å². The topological polar surface area (TPSA) is 60.8 Å². The van der Waals surface area contributed by atoms with Crippen molar-refractivity contribution in [1.82, 2.24) is 4.90 Å². The van der Waals surface area contributed by atoms with Crippen molar-refractivity contribution < 1.29 is 15.0 Å². The fraction of sp³-hybridized carbons (Fsp3) is 0.909. The van der Waals surface area contributed by atoms with E-state index in [-0.39, 0.29) is 12.0 Å². The largest absolute Gasteiger partial charge is 0.465 e. The van der Waals surface area contributed by atoms with E-state index in [1.165, 1.54) is 4.90 Å². The highest BCUT2D eigenvalue weighted by Crippen LogP contribution is 2.42. The third kappa shape index (κ3) is 1.95. The lowest BCUT2D eigenvalue weighted by molar-refractivity contribution is -0.0588. The van der Waals surface area contributed by atoms with E-state index in [4.69, 9.17) is 0 Å². The van der Waals surface area contributed by atoms with E-state index in [0.717, 1.165) is 19.3 Å². The molecule has 0 saturated carbocycles. The minimum Gasteiger partial charge on any atom is -0.465 e. The molecule has 0 aromatic rings. The molecular weight excluding hydrogens is 194 g/mol. The van der Waals surface area contributed by atoms with Crippen molar-refractivity contribution in [2.75, 3.05) is 13.2 Å². The highest BCUT2D eigenvalue weighted by atomic mass is 16.4. The standard InChI is InChI=1S/C11H21NO3/c1-10(2,3)11(8-13)6-4-5-7-12(11)9(14)15/h13H,4-8H2,1-3H3,(H,14,15)/t11-/m0/s1. The SMILES string of the molecule is CC(C)(C)[C@@]1(CO)CCCCN1C(=O)O. The maximum atomic E-state index is 11.2. The lowest BCUT2D eigenvalue weighted by atomic mass is 9.68. The van der Waals surface area contributed by atoms with Crippen LogP contribution < -0.4 is 0 Å². The minimum atomic E-state index is -0.918. The maximum Gasteiger partial charge on any atom is 0.407 e. The first kappa shape index (κ1) is 12.3. The van der Waals surface area contributed by atoms with Crippen LogP contribution in [-0.2, 0) is 0 Å². The molecule has 0 bridgehead atoms. The van der Waals surface area contributed by atoms with E-state index < -0.39 is 11.6 Å². The molecule has 0 radical (unpaired) electrons. The summed E-state index contributed by atoms with van der Waals surface area (Å²) >= 11 is 0. The molecule has 0 aliphatic carbocycles. The molecule has 1 saturated heterocycles. The summed E-state index contributed by atoms with van der Waals surface area (Å²) in [5.41, 5.74) is -0.850. The second kappa shape index (κ2) is 4.00. The number of likely N-dealkylation sites (tertiary alicyclic amines) is 1. The zero-order valence-electron chi connectivity index (χ0n) is 9.79. The van der Waals surface area contributed by atoms with Crippen LogP contribution >= 0.6 is 0 Å². The monoisotopic (exact) mass is 215 g/mol. The van der Waals surface area contributed by atoms with Crippen LogP contribution in [0.4, 0.5) is 4.79 Å². The molecule has 4 nitrogen and oxygen atoms in total. The van der Waals surface area contributed by atoms with Gasteiger partial charge in [0.15, 0.2) is 0 Å². The Balaban J connectivity index is 3.07. The molecule has 0 spiro atoms. The third-order valence-corrected chi connectivity index (χ3v) is 3.63. The normalized spacial score (nSPS) is 27.9. The first-order valence-corrected chi connectivity index (χ1v) is 5.46. The van der Waals surface area contributed by atoms with Gasteiger partial charge in [0.25, 0.3) is 0 Å². The highest BCUT2D eigenvalue weighted by Gasteiger charge is 2.49. The van der Waals surface area contributed by atoms with Crippen molar-refractivity contribution in [2.24, 2.45) is 5.41 Å². The molecule has 1 aliphatic rings. The van der Waals surface area contributed by atoms with Crippen LogP contribution in [-0.4, -0.2) is 39.9 Å². The average molecular weight is 215 g/mol. The Morgan fingerprint density at radius 3 is 2.33 bits per heavy atom. The number of nitrogens with zero attached hydrogens (tertiary/aromatic N) is 1. The van der Waals surface area contributed by atoms with Gasteiger partial charge in [0.05, 0.1) is 12.1 Å². The minimum absolute atomic E-state index is 0.0944. The van der Waals surface area contributed by atoms with E-state index in [0.29, 0.717) is 6.54 Å². The van der Waals surface area contributed by atoms with Crippen LogP contribution in [0.5, 0.6) is 0 Å². The molecule has 88 valence electrons.